The maximum atomic E-state index is 12.6. The molecule has 0 aliphatic carbocycles. The molecule has 5 heteroatoms. The first-order valence-corrected chi connectivity index (χ1v) is 8.16. The molecular weight excluding hydrogens is 306 g/mol. The lowest BCUT2D eigenvalue weighted by Crippen LogP contribution is -2.26. The molecule has 4 nitrogen and oxygen atoms in total. The van der Waals surface area contributed by atoms with Crippen molar-refractivity contribution < 1.29 is 4.79 Å². The van der Waals surface area contributed by atoms with Gasteiger partial charge in [-0.15, -0.1) is 11.3 Å². The number of amides is 1. The Balaban J connectivity index is 1.72. The molecule has 0 spiro atoms. The van der Waals surface area contributed by atoms with Gasteiger partial charge in [0.15, 0.2) is 0 Å². The summed E-state index contributed by atoms with van der Waals surface area (Å²) in [6.07, 6.45) is 1.84. The topological polar surface area (TPSA) is 45.2 Å². The Morgan fingerprint density at radius 3 is 2.74 bits per heavy atom. The van der Waals surface area contributed by atoms with E-state index in [1.54, 1.807) is 23.3 Å². The molecule has 1 heterocycles. The van der Waals surface area contributed by atoms with E-state index in [0.717, 1.165) is 16.3 Å². The summed E-state index contributed by atoms with van der Waals surface area (Å²) in [4.78, 5) is 19.5. The molecule has 23 heavy (non-hydrogen) atoms. The summed E-state index contributed by atoms with van der Waals surface area (Å²) in [5.74, 6) is -0.0300. The Morgan fingerprint density at radius 2 is 2.00 bits per heavy atom. The van der Waals surface area contributed by atoms with Gasteiger partial charge >= 0.3 is 0 Å². The van der Waals surface area contributed by atoms with Gasteiger partial charge in [-0.2, -0.15) is 0 Å². The van der Waals surface area contributed by atoms with Crippen LogP contribution in [0.2, 0.25) is 0 Å². The number of nitrogens with one attached hydrogen (secondary N) is 1. The normalized spacial score (nSPS) is 10.3. The Hall–Kier alpha value is -2.66. The number of para-hydroxylation sites is 1. The zero-order valence-corrected chi connectivity index (χ0v) is 13.6. The van der Waals surface area contributed by atoms with Crippen molar-refractivity contribution in [2.75, 3.05) is 17.3 Å². The van der Waals surface area contributed by atoms with Crippen molar-refractivity contribution in [3.05, 3.63) is 76.7 Å². The van der Waals surface area contributed by atoms with E-state index in [9.17, 15) is 4.79 Å². The molecule has 2 aromatic carbocycles. The first-order valence-electron chi connectivity index (χ1n) is 7.28. The molecule has 116 valence electrons. The van der Waals surface area contributed by atoms with Crippen molar-refractivity contribution in [3.63, 3.8) is 0 Å². The Labute approximate surface area is 139 Å². The van der Waals surface area contributed by atoms with Gasteiger partial charge in [-0.25, -0.2) is 0 Å². The van der Waals surface area contributed by atoms with E-state index in [4.69, 9.17) is 0 Å². The van der Waals surface area contributed by atoms with Gasteiger partial charge in [0, 0.05) is 35.1 Å². The summed E-state index contributed by atoms with van der Waals surface area (Å²) in [7, 11) is 1.79. The molecular formula is C18H17N3OS. The fourth-order valence-electron chi connectivity index (χ4n) is 2.24. The number of rotatable bonds is 5. The number of nitrogens with zero attached hydrogens (tertiary/aromatic N) is 2. The van der Waals surface area contributed by atoms with Crippen LogP contribution in [0.25, 0.3) is 0 Å². The van der Waals surface area contributed by atoms with Gasteiger partial charge in [0.1, 0.15) is 0 Å². The number of hydrogen-bond donors (Lipinski definition) is 1. The summed E-state index contributed by atoms with van der Waals surface area (Å²) < 4.78 is 0. The molecule has 1 aromatic heterocycles. The van der Waals surface area contributed by atoms with E-state index in [1.807, 2.05) is 66.3 Å². The molecule has 3 aromatic rings. The number of thiazole rings is 1. The summed E-state index contributed by atoms with van der Waals surface area (Å²) in [6.45, 7) is 0.705. The number of carbonyl (C=O) groups is 1. The van der Waals surface area contributed by atoms with Crippen molar-refractivity contribution in [2.24, 2.45) is 0 Å². The van der Waals surface area contributed by atoms with Crippen molar-refractivity contribution in [3.8, 4) is 0 Å². The van der Waals surface area contributed by atoms with E-state index in [0.29, 0.717) is 12.1 Å². The summed E-state index contributed by atoms with van der Waals surface area (Å²) >= 11 is 1.61. The maximum Gasteiger partial charge on any atom is 0.258 e. The lowest BCUT2D eigenvalue weighted by Gasteiger charge is -2.17. The predicted molar refractivity (Wildman–Crippen MR) is 95.1 cm³/mol. The minimum atomic E-state index is -0.0300. The highest BCUT2D eigenvalue weighted by Gasteiger charge is 2.13. The van der Waals surface area contributed by atoms with Crippen LogP contribution in [0.15, 0.2) is 66.3 Å². The molecule has 0 atom stereocenters. The van der Waals surface area contributed by atoms with Crippen LogP contribution in [0.3, 0.4) is 0 Å². The Kier molecular flexibility index (Phi) is 4.68. The van der Waals surface area contributed by atoms with Gasteiger partial charge in [0.25, 0.3) is 5.91 Å². The van der Waals surface area contributed by atoms with E-state index in [-0.39, 0.29) is 5.91 Å². The second-order valence-electron chi connectivity index (χ2n) is 5.10. The fourth-order valence-corrected chi connectivity index (χ4v) is 2.78. The minimum absolute atomic E-state index is 0.0300. The molecule has 3 rings (SSSR count). The van der Waals surface area contributed by atoms with Gasteiger partial charge in [0.2, 0.25) is 0 Å². The molecule has 0 unspecified atom stereocenters. The first-order chi connectivity index (χ1) is 11.2. The molecule has 1 N–H and O–H groups in total. The van der Waals surface area contributed by atoms with Crippen LogP contribution in [0, 0.1) is 0 Å². The van der Waals surface area contributed by atoms with Gasteiger partial charge in [-0.3, -0.25) is 9.78 Å². The summed E-state index contributed by atoms with van der Waals surface area (Å²) in [6, 6.07) is 17.2. The lowest BCUT2D eigenvalue weighted by atomic mass is 10.1. The minimum Gasteiger partial charge on any atom is -0.380 e. The Morgan fingerprint density at radius 1 is 1.17 bits per heavy atom. The number of benzene rings is 2. The lowest BCUT2D eigenvalue weighted by molar-refractivity contribution is 0.0993. The molecule has 0 aliphatic rings. The summed E-state index contributed by atoms with van der Waals surface area (Å²) in [5.41, 5.74) is 4.27. The molecule has 0 radical (unpaired) electrons. The van der Waals surface area contributed by atoms with Crippen LogP contribution >= 0.6 is 11.3 Å². The van der Waals surface area contributed by atoms with Crippen LogP contribution in [0.4, 0.5) is 11.4 Å². The second-order valence-corrected chi connectivity index (χ2v) is 6.07. The highest BCUT2D eigenvalue weighted by atomic mass is 32.1. The third-order valence-corrected chi connectivity index (χ3v) is 4.29. The number of anilines is 2. The average molecular weight is 323 g/mol. The van der Waals surface area contributed by atoms with Crippen molar-refractivity contribution in [2.45, 2.75) is 6.54 Å². The van der Waals surface area contributed by atoms with Crippen molar-refractivity contribution in [1.29, 1.82) is 0 Å². The van der Waals surface area contributed by atoms with Gasteiger partial charge in [-0.05, 0) is 30.3 Å². The van der Waals surface area contributed by atoms with E-state index in [1.165, 1.54) is 0 Å². The van der Waals surface area contributed by atoms with Crippen LogP contribution < -0.4 is 10.2 Å². The van der Waals surface area contributed by atoms with E-state index < -0.39 is 0 Å². The van der Waals surface area contributed by atoms with E-state index in [2.05, 4.69) is 10.3 Å². The number of carbonyl (C=O) groups excluding carboxylic acids is 1. The van der Waals surface area contributed by atoms with Crippen LogP contribution in [-0.4, -0.2) is 17.9 Å². The second kappa shape index (κ2) is 7.07. The molecule has 0 bridgehead atoms. The van der Waals surface area contributed by atoms with Crippen LogP contribution in [0.1, 0.15) is 15.2 Å². The first kappa shape index (κ1) is 15.2. The molecule has 0 fully saturated rings. The molecule has 0 saturated carbocycles. The monoisotopic (exact) mass is 323 g/mol. The standard InChI is InChI=1S/C18H17N3OS/c1-21(16-8-3-2-4-9-16)18(22)14-6-5-7-15(10-14)20-12-17-11-19-13-23-17/h2-11,13,20H,12H2,1H3. The maximum absolute atomic E-state index is 12.6. The highest BCUT2D eigenvalue weighted by Crippen LogP contribution is 2.18. The SMILES string of the molecule is CN(C(=O)c1cccc(NCc2cncs2)c1)c1ccccc1. The third-order valence-electron chi connectivity index (χ3n) is 3.51. The Bertz CT molecular complexity index is 772. The van der Waals surface area contributed by atoms with Gasteiger partial charge in [0.05, 0.1) is 12.1 Å². The number of aromatic nitrogens is 1. The van der Waals surface area contributed by atoms with Gasteiger partial charge in [-0.1, -0.05) is 24.3 Å². The highest BCUT2D eigenvalue weighted by molar-refractivity contribution is 7.09. The zero-order chi connectivity index (χ0) is 16.1. The molecule has 0 saturated heterocycles. The van der Waals surface area contributed by atoms with Gasteiger partial charge < -0.3 is 10.2 Å². The summed E-state index contributed by atoms with van der Waals surface area (Å²) in [5, 5.41) is 3.32. The number of hydrogen-bond acceptors (Lipinski definition) is 4. The smallest absolute Gasteiger partial charge is 0.258 e. The van der Waals surface area contributed by atoms with Crippen LogP contribution in [-0.2, 0) is 6.54 Å². The van der Waals surface area contributed by atoms with E-state index >= 15 is 0 Å². The third kappa shape index (κ3) is 3.76. The van der Waals surface area contributed by atoms with Crippen LogP contribution in [0.5, 0.6) is 0 Å². The molecule has 1 amide bonds. The quantitative estimate of drug-likeness (QED) is 0.771. The van der Waals surface area contributed by atoms with Crippen molar-refractivity contribution >= 4 is 28.6 Å². The van der Waals surface area contributed by atoms with Crippen molar-refractivity contribution in [1.82, 2.24) is 4.98 Å². The average Bonchev–Trinajstić information content (AvgIpc) is 3.13. The zero-order valence-electron chi connectivity index (χ0n) is 12.8. The molecule has 0 aliphatic heterocycles. The fraction of sp³-hybridized carbons (Fsp3) is 0.111. The predicted octanol–water partition coefficient (Wildman–Crippen LogP) is 4.03. The largest absolute Gasteiger partial charge is 0.380 e.